The van der Waals surface area contributed by atoms with Crippen LogP contribution < -0.4 is 11.1 Å². The van der Waals surface area contributed by atoms with E-state index >= 15 is 0 Å². The summed E-state index contributed by atoms with van der Waals surface area (Å²) in [6, 6.07) is 9.72. The third kappa shape index (κ3) is 2.60. The van der Waals surface area contributed by atoms with E-state index in [0.29, 0.717) is 5.95 Å². The van der Waals surface area contributed by atoms with E-state index in [1.54, 1.807) is 0 Å². The number of para-hydroxylation sites is 1. The maximum atomic E-state index is 5.55. The van der Waals surface area contributed by atoms with Gasteiger partial charge in [-0.05, 0) is 21.6 Å². The van der Waals surface area contributed by atoms with Crippen molar-refractivity contribution in [2.75, 3.05) is 11.1 Å². The quantitative estimate of drug-likeness (QED) is 0.809. The molecule has 0 amide bonds. The number of nitrogen functional groups attached to an aromatic ring is 1. The van der Waals surface area contributed by atoms with Crippen LogP contribution in [0.15, 0.2) is 30.3 Å². The molecule has 0 bridgehead atoms. The fourth-order valence-corrected chi connectivity index (χ4v) is 1.92. The second-order valence-corrected chi connectivity index (χ2v) is 4.35. The van der Waals surface area contributed by atoms with Crippen LogP contribution in [0.25, 0.3) is 0 Å². The summed E-state index contributed by atoms with van der Waals surface area (Å²) >= 11 is 0. The molecule has 0 saturated heterocycles. The Morgan fingerprint density at radius 2 is 1.93 bits per heavy atom. The van der Waals surface area contributed by atoms with Crippen LogP contribution in [-0.4, -0.2) is 14.5 Å². The number of hydrogen-bond donors (Lipinski definition) is 2. The largest absolute Gasteiger partial charge is 0.365 e. The standard InChI is InChI=1S/C9H11N5P/c1-15-13-8(10)12-9(14-15)11-7-5-3-2-4-6-7/h2-6H,1H3,(H3,10,11,12,13,14)/q+1. The number of aromatic nitrogens is 3. The zero-order valence-electron chi connectivity index (χ0n) is 8.25. The van der Waals surface area contributed by atoms with Crippen molar-refractivity contribution in [2.24, 2.45) is 6.66 Å². The summed E-state index contributed by atoms with van der Waals surface area (Å²) in [6.45, 7) is 1.92. The van der Waals surface area contributed by atoms with E-state index in [0.717, 1.165) is 5.69 Å². The van der Waals surface area contributed by atoms with E-state index in [-0.39, 0.29) is 5.95 Å². The molecule has 3 N–H and O–H groups in total. The van der Waals surface area contributed by atoms with E-state index in [1.807, 2.05) is 37.0 Å². The lowest BCUT2D eigenvalue weighted by molar-refractivity contribution is 1.19. The van der Waals surface area contributed by atoms with Crippen LogP contribution in [-0.2, 0) is 6.66 Å². The van der Waals surface area contributed by atoms with Gasteiger partial charge in [-0.15, -0.1) is 0 Å². The molecule has 1 aromatic heterocycles. The van der Waals surface area contributed by atoms with Gasteiger partial charge in [-0.2, -0.15) is 4.98 Å². The van der Waals surface area contributed by atoms with Gasteiger partial charge in [0.15, 0.2) is 0 Å². The molecule has 2 aromatic rings. The summed E-state index contributed by atoms with van der Waals surface area (Å²) in [6.07, 6.45) is 0. The highest BCUT2D eigenvalue weighted by molar-refractivity contribution is 7.39. The fourth-order valence-electron chi connectivity index (χ4n) is 1.16. The molecule has 0 aliphatic carbocycles. The molecular weight excluding hydrogens is 209 g/mol. The molecule has 1 unspecified atom stereocenters. The van der Waals surface area contributed by atoms with Gasteiger partial charge in [-0.1, -0.05) is 18.2 Å². The predicted molar refractivity (Wildman–Crippen MR) is 62.1 cm³/mol. The number of hydrogen-bond acceptors (Lipinski definition) is 5. The van der Waals surface area contributed by atoms with Crippen LogP contribution in [0.5, 0.6) is 0 Å². The number of aryl methyl sites for hydroxylation is 1. The lowest BCUT2D eigenvalue weighted by Gasteiger charge is -2.00. The van der Waals surface area contributed by atoms with E-state index in [4.69, 9.17) is 5.73 Å². The van der Waals surface area contributed by atoms with Gasteiger partial charge in [0.25, 0.3) is 11.9 Å². The average Bonchev–Trinajstić information content (AvgIpc) is 2.17. The van der Waals surface area contributed by atoms with Gasteiger partial charge in [-0.25, -0.2) is 0 Å². The normalized spacial score (nSPS) is 11.1. The Hall–Kier alpha value is -1.74. The van der Waals surface area contributed by atoms with Crippen molar-refractivity contribution in [3.05, 3.63) is 30.3 Å². The Balaban J connectivity index is 2.25. The Morgan fingerprint density at radius 1 is 1.20 bits per heavy atom. The highest BCUT2D eigenvalue weighted by Crippen LogP contribution is 2.19. The molecule has 2 rings (SSSR count). The minimum absolute atomic E-state index is 0.289. The molecule has 5 nitrogen and oxygen atoms in total. The first-order chi connectivity index (χ1) is 7.24. The topological polar surface area (TPSA) is 76.7 Å². The third-order valence-corrected chi connectivity index (χ3v) is 2.71. The highest BCUT2D eigenvalue weighted by Gasteiger charge is 2.09. The van der Waals surface area contributed by atoms with Crippen molar-refractivity contribution >= 4 is 25.4 Å². The fraction of sp³-hybridized carbons (Fsp3) is 0.111. The molecule has 0 radical (unpaired) electrons. The Morgan fingerprint density at radius 3 is 2.60 bits per heavy atom. The third-order valence-electron chi connectivity index (χ3n) is 1.74. The molecular formula is C9H11N5P+. The SMILES string of the molecule is C[p+]1nc(N)nc(Nc2ccccc2)n1. The Bertz CT molecular complexity index is 439. The molecule has 0 aliphatic rings. The van der Waals surface area contributed by atoms with Crippen LogP contribution >= 0.6 is 7.85 Å². The number of nitrogens with zero attached hydrogens (tertiary/aromatic N) is 3. The van der Waals surface area contributed by atoms with Gasteiger partial charge in [0.1, 0.15) is 6.66 Å². The summed E-state index contributed by atoms with van der Waals surface area (Å²) in [5.74, 6) is 0.819. The van der Waals surface area contributed by atoms with E-state index < -0.39 is 7.85 Å². The molecule has 15 heavy (non-hydrogen) atoms. The minimum atomic E-state index is -0.772. The number of anilines is 3. The summed E-state index contributed by atoms with van der Waals surface area (Å²) < 4.78 is 8.30. The maximum Gasteiger partial charge on any atom is 0.355 e. The summed E-state index contributed by atoms with van der Waals surface area (Å²) in [4.78, 5) is 4.01. The van der Waals surface area contributed by atoms with Crippen molar-refractivity contribution in [1.29, 1.82) is 0 Å². The summed E-state index contributed by atoms with van der Waals surface area (Å²) in [5, 5.41) is 3.08. The highest BCUT2D eigenvalue weighted by atomic mass is 31.1. The van der Waals surface area contributed by atoms with E-state index in [2.05, 4.69) is 19.8 Å². The van der Waals surface area contributed by atoms with Crippen molar-refractivity contribution in [2.45, 2.75) is 0 Å². The molecule has 6 heteroatoms. The Kier molecular flexibility index (Phi) is 2.74. The number of rotatable bonds is 2. The van der Waals surface area contributed by atoms with Crippen LogP contribution in [0.3, 0.4) is 0 Å². The van der Waals surface area contributed by atoms with Crippen molar-refractivity contribution in [3.8, 4) is 0 Å². The first-order valence-corrected chi connectivity index (χ1v) is 6.14. The van der Waals surface area contributed by atoms with Gasteiger partial charge >= 0.3 is 7.85 Å². The smallest absolute Gasteiger partial charge is 0.355 e. The number of nitrogens with one attached hydrogen (secondary N) is 1. The maximum absolute atomic E-state index is 5.55. The second kappa shape index (κ2) is 4.19. The van der Waals surface area contributed by atoms with Gasteiger partial charge in [0, 0.05) is 5.69 Å². The first kappa shape index (κ1) is 9.80. The molecule has 0 saturated carbocycles. The van der Waals surface area contributed by atoms with E-state index in [9.17, 15) is 0 Å². The zero-order valence-corrected chi connectivity index (χ0v) is 9.15. The van der Waals surface area contributed by atoms with Crippen LogP contribution in [0.2, 0.25) is 0 Å². The van der Waals surface area contributed by atoms with Gasteiger partial charge in [0.2, 0.25) is 0 Å². The minimum Gasteiger partial charge on any atom is -0.365 e. The first-order valence-electron chi connectivity index (χ1n) is 4.44. The van der Waals surface area contributed by atoms with Crippen LogP contribution in [0.1, 0.15) is 0 Å². The molecule has 0 spiro atoms. The average molecular weight is 220 g/mol. The van der Waals surface area contributed by atoms with Gasteiger partial charge in [-0.3, -0.25) is 0 Å². The lowest BCUT2D eigenvalue weighted by Crippen LogP contribution is -2.00. The monoisotopic (exact) mass is 220 g/mol. The Labute approximate surface area is 88.6 Å². The van der Waals surface area contributed by atoms with Crippen molar-refractivity contribution in [3.63, 3.8) is 0 Å². The van der Waals surface area contributed by atoms with Crippen molar-refractivity contribution < 1.29 is 0 Å². The van der Waals surface area contributed by atoms with Crippen LogP contribution in [0, 0.1) is 0 Å². The molecule has 76 valence electrons. The van der Waals surface area contributed by atoms with Crippen LogP contribution in [0.4, 0.5) is 17.6 Å². The van der Waals surface area contributed by atoms with Crippen molar-refractivity contribution in [1.82, 2.24) is 14.5 Å². The number of benzene rings is 1. The zero-order chi connectivity index (χ0) is 10.7. The summed E-state index contributed by atoms with van der Waals surface area (Å²) in [7, 11) is -0.772. The number of nitrogens with two attached hydrogens (primary N) is 1. The molecule has 1 heterocycles. The lowest BCUT2D eigenvalue weighted by atomic mass is 10.3. The molecule has 1 aromatic carbocycles. The second-order valence-electron chi connectivity index (χ2n) is 2.97. The summed E-state index contributed by atoms with van der Waals surface area (Å²) in [5.41, 5.74) is 6.49. The molecule has 0 fully saturated rings. The molecule has 1 atom stereocenters. The van der Waals surface area contributed by atoms with Gasteiger partial charge < -0.3 is 11.1 Å². The predicted octanol–water partition coefficient (Wildman–Crippen LogP) is 2.00. The van der Waals surface area contributed by atoms with Gasteiger partial charge in [0.05, 0.1) is 0 Å². The molecule has 0 aliphatic heterocycles. The van der Waals surface area contributed by atoms with E-state index in [1.165, 1.54) is 0 Å².